The van der Waals surface area contributed by atoms with Crippen LogP contribution in [0.25, 0.3) is 0 Å². The number of hydrogen-bond donors (Lipinski definition) is 6. The van der Waals surface area contributed by atoms with Gasteiger partial charge >= 0.3 is 163 Å². The van der Waals surface area contributed by atoms with E-state index in [9.17, 15) is 0 Å². The Morgan fingerprint density at radius 3 is 1.52 bits per heavy atom. The second-order valence-electron chi connectivity index (χ2n) is 5.15. The van der Waals surface area contributed by atoms with Crippen molar-refractivity contribution in [2.45, 2.75) is 5.97 Å². The van der Waals surface area contributed by atoms with Crippen molar-refractivity contribution in [3.63, 3.8) is 0 Å². The molecule has 0 aliphatic carbocycles. The van der Waals surface area contributed by atoms with Crippen molar-refractivity contribution < 1.29 is 38.4 Å². The predicted octanol–water partition coefficient (Wildman–Crippen LogP) is -3.19. The molecule has 11 heteroatoms. The molecule has 25 heavy (non-hydrogen) atoms. The fourth-order valence-electron chi connectivity index (χ4n) is 1.79. The third-order valence-corrected chi connectivity index (χ3v) is 3.51. The molecule has 0 aromatic heterocycles. The van der Waals surface area contributed by atoms with Gasteiger partial charge in [-0.1, -0.05) is 0 Å². The molecule has 0 rings (SSSR count). The van der Waals surface area contributed by atoms with E-state index < -0.39 is 5.97 Å². The van der Waals surface area contributed by atoms with Crippen LogP contribution in [0, 0.1) is 0 Å². The van der Waals surface area contributed by atoms with Gasteiger partial charge in [0.05, 0.1) is 0 Å². The molecule has 0 unspecified atom stereocenters. The second kappa shape index (κ2) is 19.1. The van der Waals surface area contributed by atoms with Crippen molar-refractivity contribution in [3.8, 4) is 0 Å². The van der Waals surface area contributed by atoms with Crippen LogP contribution >= 0.6 is 0 Å². The van der Waals surface area contributed by atoms with E-state index in [4.69, 9.17) is 34.7 Å². The second-order valence-corrected chi connectivity index (χ2v) is 5.47. The third kappa shape index (κ3) is 15.1. The zero-order chi connectivity index (χ0) is 18.6. The summed E-state index contributed by atoms with van der Waals surface area (Å²) in [6.07, 6.45) is 0. The topological polar surface area (TPSA) is 151 Å². The number of nitrogens with one attached hydrogen (secondary N) is 3. The fourth-order valence-corrected chi connectivity index (χ4v) is 2.07. The van der Waals surface area contributed by atoms with Crippen LogP contribution in [0.15, 0.2) is 0 Å². The molecule has 0 spiro atoms. The van der Waals surface area contributed by atoms with E-state index in [0.717, 1.165) is 19.6 Å². The van der Waals surface area contributed by atoms with Crippen LogP contribution in [-0.2, 0) is 38.4 Å². The van der Waals surface area contributed by atoms with E-state index in [1.165, 1.54) is 20.8 Å². The van der Waals surface area contributed by atoms with Crippen LogP contribution in [0.3, 0.4) is 0 Å². The van der Waals surface area contributed by atoms with E-state index in [2.05, 4.69) is 16.0 Å². The van der Waals surface area contributed by atoms with Gasteiger partial charge in [0.2, 0.25) is 0 Å². The SMILES string of the molecule is NCCNCCOCC([O][Ti])(OCCNCCN)OCCNCCN. The van der Waals surface area contributed by atoms with Crippen molar-refractivity contribution in [1.29, 1.82) is 0 Å². The zero-order valence-electron chi connectivity index (χ0n) is 15.1. The number of nitrogens with two attached hydrogens (primary N) is 3. The number of ether oxygens (including phenoxy) is 3. The molecule has 0 fully saturated rings. The number of rotatable bonds is 20. The first-order valence-corrected chi connectivity index (χ1v) is 9.31. The van der Waals surface area contributed by atoms with Crippen LogP contribution in [0.5, 0.6) is 0 Å². The van der Waals surface area contributed by atoms with Crippen molar-refractivity contribution in [1.82, 2.24) is 16.0 Å². The van der Waals surface area contributed by atoms with Crippen molar-refractivity contribution in [3.05, 3.63) is 0 Å². The molecule has 149 valence electrons. The summed E-state index contributed by atoms with van der Waals surface area (Å²) >= 11 is 1.54. The molecule has 0 heterocycles. The summed E-state index contributed by atoms with van der Waals surface area (Å²) in [5.41, 5.74) is 16.3. The van der Waals surface area contributed by atoms with Crippen molar-refractivity contribution in [2.75, 3.05) is 85.3 Å². The zero-order valence-corrected chi connectivity index (χ0v) is 16.6. The maximum atomic E-state index is 5.79. The summed E-state index contributed by atoms with van der Waals surface area (Å²) in [7, 11) is 0. The van der Waals surface area contributed by atoms with Crippen LogP contribution in [0.1, 0.15) is 0 Å². The molecule has 0 saturated carbocycles. The molecule has 0 atom stereocenters. The number of hydrogen-bond acceptors (Lipinski definition) is 10. The van der Waals surface area contributed by atoms with Crippen LogP contribution in [0.2, 0.25) is 0 Å². The molecule has 0 radical (unpaired) electrons. The van der Waals surface area contributed by atoms with E-state index in [0.29, 0.717) is 59.1 Å². The maximum absolute atomic E-state index is 5.79. The first-order chi connectivity index (χ1) is 12.2. The Bertz CT molecular complexity index is 268. The minimum absolute atomic E-state index is 0.168. The third-order valence-electron chi connectivity index (χ3n) is 3.02. The molecular formula is C14H35N6O4Ti. The van der Waals surface area contributed by atoms with Crippen LogP contribution in [-0.4, -0.2) is 91.3 Å². The monoisotopic (exact) mass is 399 g/mol. The first-order valence-electron chi connectivity index (χ1n) is 8.67. The predicted molar refractivity (Wildman–Crippen MR) is 92.3 cm³/mol. The van der Waals surface area contributed by atoms with Gasteiger partial charge in [-0.05, 0) is 0 Å². The average Bonchev–Trinajstić information content (AvgIpc) is 2.63. The Hall–Kier alpha value is 0.314. The van der Waals surface area contributed by atoms with Gasteiger partial charge < -0.3 is 0 Å². The Labute approximate surface area is 163 Å². The Morgan fingerprint density at radius 1 is 0.680 bits per heavy atom. The average molecular weight is 399 g/mol. The molecule has 0 aromatic carbocycles. The summed E-state index contributed by atoms with van der Waals surface area (Å²) < 4.78 is 22.7. The molecule has 0 bridgehead atoms. The van der Waals surface area contributed by atoms with E-state index in [1.54, 1.807) is 0 Å². The van der Waals surface area contributed by atoms with Gasteiger partial charge in [-0.2, -0.15) is 0 Å². The first kappa shape index (κ1) is 25.3. The molecule has 9 N–H and O–H groups in total. The van der Waals surface area contributed by atoms with Gasteiger partial charge in [0, 0.05) is 0 Å². The minimum atomic E-state index is -1.23. The van der Waals surface area contributed by atoms with E-state index >= 15 is 0 Å². The summed E-state index contributed by atoms with van der Waals surface area (Å²) in [5, 5.41) is 9.47. The molecule has 0 aliphatic heterocycles. The van der Waals surface area contributed by atoms with E-state index in [-0.39, 0.29) is 6.61 Å². The van der Waals surface area contributed by atoms with Crippen LogP contribution < -0.4 is 33.2 Å². The Kier molecular flexibility index (Phi) is 19.3. The van der Waals surface area contributed by atoms with E-state index in [1.807, 2.05) is 0 Å². The summed E-state index contributed by atoms with van der Waals surface area (Å²) in [5.74, 6) is -1.23. The van der Waals surface area contributed by atoms with Gasteiger partial charge in [-0.3, -0.25) is 0 Å². The summed E-state index contributed by atoms with van der Waals surface area (Å²) in [6, 6.07) is 0. The van der Waals surface area contributed by atoms with Gasteiger partial charge in [0.1, 0.15) is 0 Å². The molecule has 0 saturated heterocycles. The quantitative estimate of drug-likeness (QED) is 0.0702. The molecule has 0 amide bonds. The fraction of sp³-hybridized carbons (Fsp3) is 1.00. The molecule has 0 aromatic rings. The van der Waals surface area contributed by atoms with Gasteiger partial charge in [-0.15, -0.1) is 0 Å². The summed E-state index contributed by atoms with van der Waals surface area (Å²) in [4.78, 5) is 0. The Balaban J connectivity index is 4.22. The van der Waals surface area contributed by atoms with Gasteiger partial charge in [-0.25, -0.2) is 0 Å². The molecule has 10 nitrogen and oxygen atoms in total. The molecular weight excluding hydrogens is 364 g/mol. The molecule has 0 aliphatic rings. The standard InChI is InChI=1S/C14H35N6O4.Ti/c15-1-4-18-7-10-22-13-14(21,23-11-8-19-5-2-16)24-12-9-20-6-3-17;/h18-20H,1-13,15-17H2;/q-1;+1. The van der Waals surface area contributed by atoms with Gasteiger partial charge in [0.25, 0.3) is 0 Å². The summed E-state index contributed by atoms with van der Waals surface area (Å²) in [6.45, 7) is 7.49. The Morgan fingerprint density at radius 2 is 1.12 bits per heavy atom. The van der Waals surface area contributed by atoms with Gasteiger partial charge in [0.15, 0.2) is 0 Å². The van der Waals surface area contributed by atoms with Crippen LogP contribution in [0.4, 0.5) is 0 Å². The van der Waals surface area contributed by atoms with Crippen molar-refractivity contribution >= 4 is 0 Å². The van der Waals surface area contributed by atoms with Crippen molar-refractivity contribution in [2.24, 2.45) is 17.2 Å². The normalized spacial score (nSPS) is 11.9.